The Morgan fingerprint density at radius 1 is 1.53 bits per heavy atom. The number of fused-ring (bicyclic) bond motifs is 1. The minimum absolute atomic E-state index is 0.0503. The number of carboxylic acid groups (broad SMARTS) is 1. The van der Waals surface area contributed by atoms with Crippen molar-refractivity contribution in [3.8, 4) is 5.75 Å². The van der Waals surface area contributed by atoms with E-state index >= 15 is 0 Å². The average Bonchev–Trinajstić information content (AvgIpc) is 2.44. The zero-order valence-corrected chi connectivity index (χ0v) is 8.14. The van der Waals surface area contributed by atoms with Gasteiger partial charge in [-0.05, 0) is 13.0 Å². The maximum absolute atomic E-state index is 10.6. The van der Waals surface area contributed by atoms with Crippen LogP contribution in [0.25, 0.3) is 10.9 Å². The molecule has 1 heterocycles. The van der Waals surface area contributed by atoms with Gasteiger partial charge in [0.05, 0.1) is 5.69 Å². The summed E-state index contributed by atoms with van der Waals surface area (Å²) in [6.45, 7) is 1.53. The highest BCUT2D eigenvalue weighted by Gasteiger charge is 2.12. The molecule has 0 saturated carbocycles. The maximum atomic E-state index is 10.6. The molecule has 0 atom stereocenters. The van der Waals surface area contributed by atoms with E-state index in [2.05, 4.69) is 5.10 Å². The van der Waals surface area contributed by atoms with Gasteiger partial charge >= 0.3 is 5.97 Å². The molecule has 0 aliphatic carbocycles. The van der Waals surface area contributed by atoms with Crippen molar-refractivity contribution in [2.75, 3.05) is 0 Å². The summed E-state index contributed by atoms with van der Waals surface area (Å²) in [5, 5.41) is 23.1. The van der Waals surface area contributed by atoms with E-state index in [1.807, 2.05) is 0 Å². The normalized spacial score (nSPS) is 10.7. The highest BCUT2D eigenvalue weighted by Crippen LogP contribution is 2.26. The molecule has 0 amide bonds. The second-order valence-corrected chi connectivity index (χ2v) is 3.31. The largest absolute Gasteiger partial charge is 0.506 e. The number of carbonyl (C=O) groups is 1. The maximum Gasteiger partial charge on any atom is 0.325 e. The number of carboxylic acids is 1. The SMILES string of the molecule is Cc1nn(CC(=O)O)c2c(O)cccc12. The lowest BCUT2D eigenvalue weighted by Crippen LogP contribution is -2.10. The molecule has 0 saturated heterocycles. The van der Waals surface area contributed by atoms with Crippen molar-refractivity contribution < 1.29 is 15.0 Å². The second-order valence-electron chi connectivity index (χ2n) is 3.31. The molecule has 2 N–H and O–H groups in total. The van der Waals surface area contributed by atoms with Crippen LogP contribution in [0, 0.1) is 6.92 Å². The predicted octanol–water partition coefficient (Wildman–Crippen LogP) is 1.13. The summed E-state index contributed by atoms with van der Waals surface area (Å²) in [5.41, 5.74) is 1.18. The van der Waals surface area contributed by atoms with Crippen LogP contribution in [0.2, 0.25) is 0 Å². The molecule has 5 heteroatoms. The molecule has 0 fully saturated rings. The Morgan fingerprint density at radius 2 is 2.27 bits per heavy atom. The van der Waals surface area contributed by atoms with E-state index < -0.39 is 5.97 Å². The van der Waals surface area contributed by atoms with Gasteiger partial charge in [0.25, 0.3) is 0 Å². The number of phenols is 1. The molecular formula is C10H10N2O3. The molecular weight excluding hydrogens is 196 g/mol. The Labute approximate surface area is 85.6 Å². The van der Waals surface area contributed by atoms with Gasteiger partial charge in [-0.1, -0.05) is 12.1 Å². The summed E-state index contributed by atoms with van der Waals surface area (Å²) in [7, 11) is 0. The molecule has 15 heavy (non-hydrogen) atoms. The summed E-state index contributed by atoms with van der Waals surface area (Å²) in [4.78, 5) is 10.6. The van der Waals surface area contributed by atoms with Gasteiger partial charge in [0.2, 0.25) is 0 Å². The van der Waals surface area contributed by atoms with Gasteiger partial charge in [-0.25, -0.2) is 4.68 Å². The van der Waals surface area contributed by atoms with Crippen LogP contribution in [0.5, 0.6) is 5.75 Å². The van der Waals surface area contributed by atoms with Crippen molar-refractivity contribution in [3.05, 3.63) is 23.9 Å². The number of aromatic hydroxyl groups is 1. The zero-order chi connectivity index (χ0) is 11.0. The number of nitrogens with zero attached hydrogens (tertiary/aromatic N) is 2. The monoisotopic (exact) mass is 206 g/mol. The number of hydrogen-bond acceptors (Lipinski definition) is 3. The first kappa shape index (κ1) is 9.51. The van der Waals surface area contributed by atoms with Crippen molar-refractivity contribution in [3.63, 3.8) is 0 Å². The number of benzene rings is 1. The minimum atomic E-state index is -0.984. The van der Waals surface area contributed by atoms with E-state index in [0.717, 1.165) is 5.39 Å². The third-order valence-corrected chi connectivity index (χ3v) is 2.22. The second kappa shape index (κ2) is 3.27. The van der Waals surface area contributed by atoms with E-state index in [0.29, 0.717) is 11.2 Å². The van der Waals surface area contributed by atoms with Crippen LogP contribution in [0.3, 0.4) is 0 Å². The fraction of sp³-hybridized carbons (Fsp3) is 0.200. The third-order valence-electron chi connectivity index (χ3n) is 2.22. The lowest BCUT2D eigenvalue weighted by molar-refractivity contribution is -0.137. The van der Waals surface area contributed by atoms with Crippen LogP contribution >= 0.6 is 0 Å². The molecule has 0 spiro atoms. The average molecular weight is 206 g/mol. The van der Waals surface area contributed by atoms with Crippen LogP contribution in [-0.2, 0) is 11.3 Å². The van der Waals surface area contributed by atoms with Gasteiger partial charge in [0.15, 0.2) is 0 Å². The molecule has 2 aromatic rings. The molecule has 5 nitrogen and oxygen atoms in total. The number of rotatable bonds is 2. The van der Waals surface area contributed by atoms with Crippen molar-refractivity contribution in [2.24, 2.45) is 0 Å². The van der Waals surface area contributed by atoms with E-state index in [4.69, 9.17) is 5.11 Å². The Balaban J connectivity index is 2.70. The number of aryl methyl sites for hydroxylation is 1. The topological polar surface area (TPSA) is 75.4 Å². The fourth-order valence-electron chi connectivity index (χ4n) is 1.62. The Hall–Kier alpha value is -2.04. The molecule has 78 valence electrons. The third kappa shape index (κ3) is 1.52. The first-order valence-electron chi connectivity index (χ1n) is 4.46. The van der Waals surface area contributed by atoms with E-state index in [-0.39, 0.29) is 12.3 Å². The van der Waals surface area contributed by atoms with Gasteiger partial charge in [0, 0.05) is 5.39 Å². The van der Waals surface area contributed by atoms with Gasteiger partial charge in [-0.3, -0.25) is 4.79 Å². The predicted molar refractivity (Wildman–Crippen MR) is 53.8 cm³/mol. The summed E-state index contributed by atoms with van der Waals surface area (Å²) in [5.74, 6) is -0.933. The smallest absolute Gasteiger partial charge is 0.325 e. The summed E-state index contributed by atoms with van der Waals surface area (Å²) >= 11 is 0. The standard InChI is InChI=1S/C10H10N2O3/c1-6-7-3-2-4-8(13)10(7)12(11-6)5-9(14)15/h2-4,13H,5H2,1H3,(H,14,15). The minimum Gasteiger partial charge on any atom is -0.506 e. The summed E-state index contributed by atoms with van der Waals surface area (Å²) in [6.07, 6.45) is 0. The van der Waals surface area contributed by atoms with E-state index in [9.17, 15) is 9.90 Å². The molecule has 0 bridgehead atoms. The van der Waals surface area contributed by atoms with E-state index in [1.165, 1.54) is 10.7 Å². The quantitative estimate of drug-likeness (QED) is 0.772. The highest BCUT2D eigenvalue weighted by molar-refractivity contribution is 5.87. The number of phenolic OH excluding ortho intramolecular Hbond substituents is 1. The number of aromatic nitrogens is 2. The lowest BCUT2D eigenvalue weighted by atomic mass is 10.2. The van der Waals surface area contributed by atoms with Crippen LogP contribution in [-0.4, -0.2) is 26.0 Å². The van der Waals surface area contributed by atoms with Crippen LogP contribution in [0.4, 0.5) is 0 Å². The van der Waals surface area contributed by atoms with E-state index in [1.54, 1.807) is 19.1 Å². The van der Waals surface area contributed by atoms with Crippen molar-refractivity contribution >= 4 is 16.9 Å². The Morgan fingerprint density at radius 3 is 2.93 bits per heavy atom. The Bertz CT molecular complexity index is 531. The fourth-order valence-corrected chi connectivity index (χ4v) is 1.62. The first-order chi connectivity index (χ1) is 7.09. The number of para-hydroxylation sites is 1. The summed E-state index contributed by atoms with van der Waals surface area (Å²) in [6, 6.07) is 5.02. The van der Waals surface area contributed by atoms with Crippen molar-refractivity contribution in [1.82, 2.24) is 9.78 Å². The number of aliphatic carboxylic acids is 1. The van der Waals surface area contributed by atoms with Crippen LogP contribution in [0.1, 0.15) is 5.69 Å². The molecule has 2 rings (SSSR count). The van der Waals surface area contributed by atoms with Gasteiger partial charge in [-0.15, -0.1) is 0 Å². The first-order valence-corrected chi connectivity index (χ1v) is 4.46. The number of hydrogen-bond donors (Lipinski definition) is 2. The molecule has 0 aliphatic heterocycles. The van der Waals surface area contributed by atoms with Gasteiger partial charge < -0.3 is 10.2 Å². The van der Waals surface area contributed by atoms with Crippen molar-refractivity contribution in [2.45, 2.75) is 13.5 Å². The van der Waals surface area contributed by atoms with Crippen molar-refractivity contribution in [1.29, 1.82) is 0 Å². The molecule has 0 radical (unpaired) electrons. The molecule has 0 unspecified atom stereocenters. The summed E-state index contributed by atoms with van der Waals surface area (Å²) < 4.78 is 1.29. The lowest BCUT2D eigenvalue weighted by Gasteiger charge is -2.00. The Kier molecular flexibility index (Phi) is 2.07. The van der Waals surface area contributed by atoms with Crippen LogP contribution in [0.15, 0.2) is 18.2 Å². The van der Waals surface area contributed by atoms with Crippen LogP contribution < -0.4 is 0 Å². The zero-order valence-electron chi connectivity index (χ0n) is 8.14. The highest BCUT2D eigenvalue weighted by atomic mass is 16.4. The molecule has 1 aromatic heterocycles. The molecule has 0 aliphatic rings. The molecule has 1 aromatic carbocycles. The van der Waals surface area contributed by atoms with Gasteiger partial charge in [0.1, 0.15) is 17.8 Å². The van der Waals surface area contributed by atoms with Gasteiger partial charge in [-0.2, -0.15) is 5.10 Å².